The number of β-amino-alcohol motifs (C(OH)–C–C–N with tert-alkyl or cyclic N) is 1. The average molecular weight is 286 g/mol. The van der Waals surface area contributed by atoms with Crippen LogP contribution in [0.3, 0.4) is 0 Å². The van der Waals surface area contributed by atoms with Crippen LogP contribution in [0.25, 0.3) is 0 Å². The van der Waals surface area contributed by atoms with E-state index in [0.29, 0.717) is 26.1 Å². The zero-order chi connectivity index (χ0) is 14.7. The maximum absolute atomic E-state index is 12.1. The van der Waals surface area contributed by atoms with E-state index in [1.54, 1.807) is 11.1 Å². The Morgan fingerprint density at radius 3 is 3.05 bits per heavy atom. The van der Waals surface area contributed by atoms with E-state index in [-0.39, 0.29) is 6.03 Å². The lowest BCUT2D eigenvalue weighted by atomic mass is 10.2. The van der Waals surface area contributed by atoms with Gasteiger partial charge in [0.2, 0.25) is 0 Å². The van der Waals surface area contributed by atoms with Crippen molar-refractivity contribution in [3.8, 4) is 0 Å². The SMILES string of the molecule is O=C(Nc1cccc(Cn2cccn2)c1)N1CC[C@@H](O)C1. The van der Waals surface area contributed by atoms with E-state index < -0.39 is 6.10 Å². The van der Waals surface area contributed by atoms with Gasteiger partial charge in [-0.2, -0.15) is 5.10 Å². The molecule has 6 nitrogen and oxygen atoms in total. The monoisotopic (exact) mass is 286 g/mol. The van der Waals surface area contributed by atoms with E-state index >= 15 is 0 Å². The molecule has 2 N–H and O–H groups in total. The number of likely N-dealkylation sites (tertiary alicyclic amines) is 1. The Morgan fingerprint density at radius 1 is 1.43 bits per heavy atom. The molecule has 21 heavy (non-hydrogen) atoms. The third kappa shape index (κ3) is 3.41. The minimum absolute atomic E-state index is 0.164. The third-order valence-electron chi connectivity index (χ3n) is 3.53. The van der Waals surface area contributed by atoms with Gasteiger partial charge in [-0.3, -0.25) is 4.68 Å². The molecule has 3 rings (SSSR count). The lowest BCUT2D eigenvalue weighted by Gasteiger charge is -2.16. The van der Waals surface area contributed by atoms with E-state index in [4.69, 9.17) is 0 Å². The van der Waals surface area contributed by atoms with Gasteiger partial charge in [0.1, 0.15) is 0 Å². The average Bonchev–Trinajstić information content (AvgIpc) is 3.11. The first-order valence-corrected chi connectivity index (χ1v) is 7.01. The molecular weight excluding hydrogens is 268 g/mol. The second-order valence-corrected chi connectivity index (χ2v) is 5.22. The Labute approximate surface area is 123 Å². The van der Waals surface area contributed by atoms with Gasteiger partial charge in [-0.1, -0.05) is 12.1 Å². The summed E-state index contributed by atoms with van der Waals surface area (Å²) < 4.78 is 1.83. The van der Waals surface area contributed by atoms with Gasteiger partial charge in [0.25, 0.3) is 0 Å². The number of aliphatic hydroxyl groups excluding tert-OH is 1. The van der Waals surface area contributed by atoms with Gasteiger partial charge in [0.05, 0.1) is 12.6 Å². The number of hydrogen-bond donors (Lipinski definition) is 2. The van der Waals surface area contributed by atoms with Crippen LogP contribution in [0.2, 0.25) is 0 Å². The molecule has 2 amide bonds. The Kier molecular flexibility index (Phi) is 3.87. The molecule has 1 fully saturated rings. The lowest BCUT2D eigenvalue weighted by Crippen LogP contribution is -2.33. The summed E-state index contributed by atoms with van der Waals surface area (Å²) in [6.45, 7) is 1.66. The smallest absolute Gasteiger partial charge is 0.321 e. The molecule has 0 saturated carbocycles. The number of anilines is 1. The number of rotatable bonds is 3. The highest BCUT2D eigenvalue weighted by atomic mass is 16.3. The number of carbonyl (C=O) groups excluding carboxylic acids is 1. The van der Waals surface area contributed by atoms with Crippen LogP contribution >= 0.6 is 0 Å². The number of aliphatic hydroxyl groups is 1. The molecule has 1 aliphatic rings. The van der Waals surface area contributed by atoms with Crippen LogP contribution in [-0.2, 0) is 6.54 Å². The van der Waals surface area contributed by atoms with Crippen LogP contribution in [0.1, 0.15) is 12.0 Å². The molecular formula is C15H18N4O2. The fourth-order valence-corrected chi connectivity index (χ4v) is 2.46. The number of urea groups is 1. The highest BCUT2D eigenvalue weighted by Crippen LogP contribution is 2.15. The Bertz CT molecular complexity index is 612. The van der Waals surface area contributed by atoms with Crippen molar-refractivity contribution < 1.29 is 9.90 Å². The van der Waals surface area contributed by atoms with Crippen molar-refractivity contribution >= 4 is 11.7 Å². The van der Waals surface area contributed by atoms with Crippen molar-refractivity contribution in [2.75, 3.05) is 18.4 Å². The standard InChI is InChI=1S/C15H18N4O2/c20-14-5-8-18(11-14)15(21)17-13-4-1-3-12(9-13)10-19-7-2-6-16-19/h1-4,6-7,9,14,20H,5,8,10-11H2,(H,17,21)/t14-/m1/s1. The summed E-state index contributed by atoms with van der Waals surface area (Å²) in [6, 6.07) is 9.42. The minimum Gasteiger partial charge on any atom is -0.391 e. The van der Waals surface area contributed by atoms with Crippen LogP contribution in [0, 0.1) is 0 Å². The molecule has 1 aromatic carbocycles. The van der Waals surface area contributed by atoms with Gasteiger partial charge < -0.3 is 15.3 Å². The fourth-order valence-electron chi connectivity index (χ4n) is 2.46. The maximum atomic E-state index is 12.1. The molecule has 1 atom stereocenters. The quantitative estimate of drug-likeness (QED) is 0.899. The molecule has 1 aliphatic heterocycles. The molecule has 0 spiro atoms. The van der Waals surface area contributed by atoms with E-state index in [1.807, 2.05) is 41.2 Å². The maximum Gasteiger partial charge on any atom is 0.321 e. The van der Waals surface area contributed by atoms with E-state index in [2.05, 4.69) is 10.4 Å². The van der Waals surface area contributed by atoms with Gasteiger partial charge >= 0.3 is 6.03 Å². The van der Waals surface area contributed by atoms with Crippen LogP contribution in [0.15, 0.2) is 42.7 Å². The summed E-state index contributed by atoms with van der Waals surface area (Å²) in [6.07, 6.45) is 3.88. The molecule has 1 aromatic heterocycles. The number of nitrogens with one attached hydrogen (secondary N) is 1. The lowest BCUT2D eigenvalue weighted by molar-refractivity contribution is 0.176. The molecule has 0 aliphatic carbocycles. The first-order chi connectivity index (χ1) is 10.2. The fraction of sp³-hybridized carbons (Fsp3) is 0.333. The van der Waals surface area contributed by atoms with E-state index in [9.17, 15) is 9.90 Å². The van der Waals surface area contributed by atoms with E-state index in [0.717, 1.165) is 11.3 Å². The zero-order valence-electron chi connectivity index (χ0n) is 11.6. The van der Waals surface area contributed by atoms with Crippen LogP contribution < -0.4 is 5.32 Å². The van der Waals surface area contributed by atoms with Crippen LogP contribution in [-0.4, -0.2) is 45.0 Å². The zero-order valence-corrected chi connectivity index (χ0v) is 11.6. The summed E-state index contributed by atoms with van der Waals surface area (Å²) in [5.74, 6) is 0. The number of hydrogen-bond acceptors (Lipinski definition) is 3. The molecule has 6 heteroatoms. The predicted molar refractivity (Wildman–Crippen MR) is 79.0 cm³/mol. The first-order valence-electron chi connectivity index (χ1n) is 7.01. The van der Waals surface area contributed by atoms with Crippen molar-refractivity contribution in [1.82, 2.24) is 14.7 Å². The molecule has 1 saturated heterocycles. The predicted octanol–water partition coefficient (Wildman–Crippen LogP) is 1.53. The van der Waals surface area contributed by atoms with E-state index in [1.165, 1.54) is 0 Å². The summed E-state index contributed by atoms with van der Waals surface area (Å²) >= 11 is 0. The van der Waals surface area contributed by atoms with Crippen molar-refractivity contribution in [3.63, 3.8) is 0 Å². The molecule has 2 heterocycles. The van der Waals surface area contributed by atoms with Gasteiger partial charge in [-0.15, -0.1) is 0 Å². The van der Waals surface area contributed by atoms with Gasteiger partial charge in [0, 0.05) is 31.2 Å². The number of nitrogens with zero attached hydrogens (tertiary/aromatic N) is 3. The third-order valence-corrected chi connectivity index (χ3v) is 3.53. The highest BCUT2D eigenvalue weighted by molar-refractivity contribution is 5.89. The molecule has 110 valence electrons. The normalized spacial score (nSPS) is 18.0. The van der Waals surface area contributed by atoms with Crippen molar-refractivity contribution in [1.29, 1.82) is 0 Å². The summed E-state index contributed by atoms with van der Waals surface area (Å²) in [7, 11) is 0. The highest BCUT2D eigenvalue weighted by Gasteiger charge is 2.24. The topological polar surface area (TPSA) is 70.4 Å². The number of amides is 2. The minimum atomic E-state index is -0.401. The van der Waals surface area contributed by atoms with Gasteiger partial charge in [-0.25, -0.2) is 4.79 Å². The summed E-state index contributed by atoms with van der Waals surface area (Å²) in [4.78, 5) is 13.7. The molecule has 0 unspecified atom stereocenters. The molecule has 0 bridgehead atoms. The second-order valence-electron chi connectivity index (χ2n) is 5.22. The largest absolute Gasteiger partial charge is 0.391 e. The van der Waals surface area contributed by atoms with Crippen molar-refractivity contribution in [2.24, 2.45) is 0 Å². The van der Waals surface area contributed by atoms with Crippen LogP contribution in [0.5, 0.6) is 0 Å². The summed E-state index contributed by atoms with van der Waals surface area (Å²) in [5, 5.41) is 16.5. The Hall–Kier alpha value is -2.34. The Balaban J connectivity index is 1.64. The number of carbonyl (C=O) groups is 1. The Morgan fingerprint density at radius 2 is 2.33 bits per heavy atom. The number of benzene rings is 1. The van der Waals surface area contributed by atoms with Crippen molar-refractivity contribution in [3.05, 3.63) is 48.3 Å². The second kappa shape index (κ2) is 5.97. The van der Waals surface area contributed by atoms with Crippen molar-refractivity contribution in [2.45, 2.75) is 19.1 Å². The first kappa shape index (κ1) is 13.6. The van der Waals surface area contributed by atoms with Gasteiger partial charge in [0.15, 0.2) is 0 Å². The number of aromatic nitrogens is 2. The van der Waals surface area contributed by atoms with Crippen LogP contribution in [0.4, 0.5) is 10.5 Å². The summed E-state index contributed by atoms with van der Waals surface area (Å²) in [5.41, 5.74) is 1.82. The van der Waals surface area contributed by atoms with Gasteiger partial charge in [-0.05, 0) is 30.2 Å². The molecule has 2 aromatic rings. The molecule has 0 radical (unpaired) electrons.